The minimum atomic E-state index is 0.503. The van der Waals surface area contributed by atoms with Crippen molar-refractivity contribution in [1.82, 2.24) is 19.9 Å². The second-order valence-corrected chi connectivity index (χ2v) is 7.08. The van der Waals surface area contributed by atoms with Crippen LogP contribution >= 0.6 is 11.3 Å². The van der Waals surface area contributed by atoms with Gasteiger partial charge < -0.3 is 4.90 Å². The van der Waals surface area contributed by atoms with Crippen LogP contribution in [0.2, 0.25) is 0 Å². The Kier molecular flexibility index (Phi) is 3.98. The summed E-state index contributed by atoms with van der Waals surface area (Å²) < 4.78 is 0. The first-order chi connectivity index (χ1) is 11.7. The first-order valence-electron chi connectivity index (χ1n) is 8.12. The Morgan fingerprint density at radius 1 is 1.08 bits per heavy atom. The van der Waals surface area contributed by atoms with Gasteiger partial charge in [-0.15, -0.1) is 11.3 Å². The van der Waals surface area contributed by atoms with E-state index in [-0.39, 0.29) is 0 Å². The molecule has 4 heterocycles. The monoisotopic (exact) mass is 337 g/mol. The lowest BCUT2D eigenvalue weighted by molar-refractivity contribution is 0.762. The van der Waals surface area contributed by atoms with E-state index >= 15 is 0 Å². The van der Waals surface area contributed by atoms with Crippen LogP contribution in [0.1, 0.15) is 28.7 Å². The third-order valence-corrected chi connectivity index (χ3v) is 5.40. The van der Waals surface area contributed by atoms with E-state index in [0.29, 0.717) is 5.92 Å². The maximum Gasteiger partial charge on any atom is 0.161 e. The highest BCUT2D eigenvalue weighted by atomic mass is 32.1. The van der Waals surface area contributed by atoms with Gasteiger partial charge in [-0.1, -0.05) is 0 Å². The molecule has 5 nitrogen and oxygen atoms in total. The molecule has 0 aromatic carbocycles. The van der Waals surface area contributed by atoms with Crippen LogP contribution in [-0.4, -0.2) is 33.0 Å². The molecular weight excluding hydrogens is 318 g/mol. The molecule has 0 N–H and O–H groups in total. The standard InChI is InChI=1S/C18H19N5S/c1-12-9-16(22-17(20-12)14-3-6-19-7-4-14)23-8-5-15(10-23)18-21-13(2)11-24-18/h3-4,6-7,9,11,15H,5,8,10H2,1-2H3. The smallest absolute Gasteiger partial charge is 0.161 e. The van der Waals surface area contributed by atoms with Crippen LogP contribution < -0.4 is 4.90 Å². The fourth-order valence-electron chi connectivity index (χ4n) is 3.07. The van der Waals surface area contributed by atoms with Gasteiger partial charge in [0.15, 0.2) is 5.82 Å². The molecule has 122 valence electrons. The number of thiazole rings is 1. The van der Waals surface area contributed by atoms with E-state index in [1.54, 1.807) is 23.7 Å². The summed E-state index contributed by atoms with van der Waals surface area (Å²) in [6.07, 6.45) is 4.68. The van der Waals surface area contributed by atoms with Gasteiger partial charge in [-0.3, -0.25) is 4.98 Å². The molecule has 3 aromatic heterocycles. The van der Waals surface area contributed by atoms with Gasteiger partial charge >= 0.3 is 0 Å². The summed E-state index contributed by atoms with van der Waals surface area (Å²) in [5, 5.41) is 3.38. The van der Waals surface area contributed by atoms with Gasteiger partial charge in [0.05, 0.1) is 5.01 Å². The third kappa shape index (κ3) is 3.01. The molecule has 1 aliphatic rings. The van der Waals surface area contributed by atoms with Crippen LogP contribution in [0.5, 0.6) is 0 Å². The molecule has 3 aromatic rings. The zero-order valence-electron chi connectivity index (χ0n) is 13.8. The highest BCUT2D eigenvalue weighted by Gasteiger charge is 2.27. The Morgan fingerprint density at radius 2 is 1.92 bits per heavy atom. The van der Waals surface area contributed by atoms with Crippen molar-refractivity contribution in [2.75, 3.05) is 18.0 Å². The molecule has 1 atom stereocenters. The topological polar surface area (TPSA) is 54.8 Å². The van der Waals surface area contributed by atoms with E-state index in [9.17, 15) is 0 Å². The van der Waals surface area contributed by atoms with Crippen molar-refractivity contribution in [2.24, 2.45) is 0 Å². The molecule has 1 saturated heterocycles. The van der Waals surface area contributed by atoms with Gasteiger partial charge in [0.1, 0.15) is 5.82 Å². The molecule has 1 fully saturated rings. The minimum absolute atomic E-state index is 0.503. The van der Waals surface area contributed by atoms with Crippen LogP contribution in [0, 0.1) is 13.8 Å². The second-order valence-electron chi connectivity index (χ2n) is 6.19. The molecule has 4 rings (SSSR count). The fourth-order valence-corrected chi connectivity index (χ4v) is 4.00. The maximum absolute atomic E-state index is 4.79. The molecular formula is C18H19N5S. The van der Waals surface area contributed by atoms with Gasteiger partial charge in [0.2, 0.25) is 0 Å². The summed E-state index contributed by atoms with van der Waals surface area (Å²) in [5.74, 6) is 2.27. The quantitative estimate of drug-likeness (QED) is 0.731. The van der Waals surface area contributed by atoms with Crippen LogP contribution in [0.25, 0.3) is 11.4 Å². The van der Waals surface area contributed by atoms with Gasteiger partial charge in [0, 0.05) is 59.8 Å². The second kappa shape index (κ2) is 6.28. The van der Waals surface area contributed by atoms with Crippen molar-refractivity contribution in [1.29, 1.82) is 0 Å². The molecule has 1 unspecified atom stereocenters. The maximum atomic E-state index is 4.79. The molecule has 0 aliphatic carbocycles. The van der Waals surface area contributed by atoms with Crippen LogP contribution in [-0.2, 0) is 0 Å². The number of nitrogens with zero attached hydrogens (tertiary/aromatic N) is 5. The normalized spacial score (nSPS) is 17.4. The number of anilines is 1. The Bertz CT molecular complexity index is 846. The van der Waals surface area contributed by atoms with Gasteiger partial charge in [-0.2, -0.15) is 0 Å². The molecule has 0 saturated carbocycles. The van der Waals surface area contributed by atoms with Crippen LogP contribution in [0.4, 0.5) is 5.82 Å². The van der Waals surface area contributed by atoms with Crippen molar-refractivity contribution >= 4 is 17.2 Å². The summed E-state index contributed by atoms with van der Waals surface area (Å²) in [7, 11) is 0. The summed E-state index contributed by atoms with van der Waals surface area (Å²) in [6, 6.07) is 5.97. The average molecular weight is 337 g/mol. The summed E-state index contributed by atoms with van der Waals surface area (Å²) in [4.78, 5) is 20.4. The van der Waals surface area contributed by atoms with E-state index in [1.165, 1.54) is 5.01 Å². The lowest BCUT2D eigenvalue weighted by Gasteiger charge is -2.18. The molecule has 1 aliphatic heterocycles. The van der Waals surface area contributed by atoms with Gasteiger partial charge in [-0.25, -0.2) is 15.0 Å². The summed E-state index contributed by atoms with van der Waals surface area (Å²) in [6.45, 7) is 6.06. The SMILES string of the molecule is Cc1cc(N2CCC(c3nc(C)cs3)C2)nc(-c2ccncc2)n1. The molecule has 24 heavy (non-hydrogen) atoms. The number of pyridine rings is 1. The Labute approximate surface area is 145 Å². The molecule has 0 bridgehead atoms. The third-order valence-electron chi connectivity index (χ3n) is 4.28. The van der Waals surface area contributed by atoms with Gasteiger partial charge in [-0.05, 0) is 32.4 Å². The number of hydrogen-bond acceptors (Lipinski definition) is 6. The van der Waals surface area contributed by atoms with E-state index in [4.69, 9.17) is 4.98 Å². The zero-order chi connectivity index (χ0) is 16.5. The molecule has 6 heteroatoms. The lowest BCUT2D eigenvalue weighted by atomic mass is 10.1. The van der Waals surface area contributed by atoms with E-state index in [2.05, 4.69) is 38.2 Å². The van der Waals surface area contributed by atoms with Crippen molar-refractivity contribution in [3.8, 4) is 11.4 Å². The predicted molar refractivity (Wildman–Crippen MR) is 96.4 cm³/mol. The lowest BCUT2D eigenvalue weighted by Crippen LogP contribution is -2.21. The predicted octanol–water partition coefficient (Wildman–Crippen LogP) is 3.61. The number of aryl methyl sites for hydroxylation is 2. The van der Waals surface area contributed by atoms with E-state index in [1.807, 2.05) is 19.1 Å². The molecule has 0 spiro atoms. The van der Waals surface area contributed by atoms with Crippen LogP contribution in [0.15, 0.2) is 36.0 Å². The molecule has 0 amide bonds. The van der Waals surface area contributed by atoms with E-state index in [0.717, 1.165) is 48.1 Å². The largest absolute Gasteiger partial charge is 0.356 e. The first-order valence-corrected chi connectivity index (χ1v) is 9.00. The number of rotatable bonds is 3. The Morgan fingerprint density at radius 3 is 2.67 bits per heavy atom. The summed E-state index contributed by atoms with van der Waals surface area (Å²) in [5.41, 5.74) is 3.10. The minimum Gasteiger partial charge on any atom is -0.356 e. The van der Waals surface area contributed by atoms with Crippen molar-refractivity contribution in [3.05, 3.63) is 52.4 Å². The number of aromatic nitrogens is 4. The van der Waals surface area contributed by atoms with Gasteiger partial charge in [0.25, 0.3) is 0 Å². The average Bonchev–Trinajstić information content (AvgIpc) is 3.24. The van der Waals surface area contributed by atoms with Crippen molar-refractivity contribution in [3.63, 3.8) is 0 Å². The first kappa shape index (κ1) is 15.2. The van der Waals surface area contributed by atoms with Crippen LogP contribution in [0.3, 0.4) is 0 Å². The zero-order valence-corrected chi connectivity index (χ0v) is 14.6. The number of hydrogen-bond donors (Lipinski definition) is 0. The highest BCUT2D eigenvalue weighted by Crippen LogP contribution is 2.32. The Balaban J connectivity index is 1.60. The van der Waals surface area contributed by atoms with E-state index < -0.39 is 0 Å². The Hall–Kier alpha value is -2.34. The van der Waals surface area contributed by atoms with Crippen molar-refractivity contribution < 1.29 is 0 Å². The summed E-state index contributed by atoms with van der Waals surface area (Å²) >= 11 is 1.77. The molecule has 0 radical (unpaired) electrons. The fraction of sp³-hybridized carbons (Fsp3) is 0.333. The van der Waals surface area contributed by atoms with Crippen molar-refractivity contribution in [2.45, 2.75) is 26.2 Å². The highest BCUT2D eigenvalue weighted by molar-refractivity contribution is 7.09.